The summed E-state index contributed by atoms with van der Waals surface area (Å²) in [7, 11) is 0. The second-order valence-corrected chi connectivity index (χ2v) is 6.82. The van der Waals surface area contributed by atoms with Gasteiger partial charge in [-0.1, -0.05) is 0 Å². The summed E-state index contributed by atoms with van der Waals surface area (Å²) in [6.07, 6.45) is 1.58. The number of nitrogens with one attached hydrogen (secondary N) is 1. The molecule has 20 heavy (non-hydrogen) atoms. The number of carboxylic acids is 1. The Labute approximate surface area is 119 Å². The van der Waals surface area contributed by atoms with E-state index in [1.54, 1.807) is 20.8 Å². The minimum absolute atomic E-state index is 0.0982. The molecular weight excluding hydrogens is 262 g/mol. The zero-order valence-corrected chi connectivity index (χ0v) is 12.6. The quantitative estimate of drug-likeness (QED) is 0.688. The highest BCUT2D eigenvalue weighted by Crippen LogP contribution is 2.35. The average molecular weight is 287 g/mol. The molecule has 1 aliphatic carbocycles. The Morgan fingerprint density at radius 2 is 1.85 bits per heavy atom. The van der Waals surface area contributed by atoms with Crippen molar-refractivity contribution in [2.24, 2.45) is 11.8 Å². The third-order valence-corrected chi connectivity index (χ3v) is 3.35. The lowest BCUT2D eigenvalue weighted by Gasteiger charge is -2.29. The molecule has 1 rings (SSSR count). The van der Waals surface area contributed by atoms with E-state index in [0.29, 0.717) is 19.3 Å². The van der Waals surface area contributed by atoms with Crippen LogP contribution in [0.2, 0.25) is 0 Å². The topological polar surface area (TPSA) is 95.9 Å². The molecule has 0 radical (unpaired) electrons. The molecule has 0 aromatic rings. The van der Waals surface area contributed by atoms with Gasteiger partial charge in [-0.05, 0) is 59.3 Å². The first-order valence-electron chi connectivity index (χ1n) is 6.95. The monoisotopic (exact) mass is 287 g/mol. The largest absolute Gasteiger partial charge is 0.481 e. The van der Waals surface area contributed by atoms with Gasteiger partial charge in [0.2, 0.25) is 0 Å². The van der Waals surface area contributed by atoms with Crippen LogP contribution in [0.1, 0.15) is 53.4 Å². The van der Waals surface area contributed by atoms with Gasteiger partial charge in [0.05, 0.1) is 5.92 Å². The van der Waals surface area contributed by atoms with E-state index in [2.05, 4.69) is 5.32 Å². The number of ether oxygens (including phenoxy) is 1. The lowest BCUT2D eigenvalue weighted by molar-refractivity contribution is -0.141. The van der Waals surface area contributed by atoms with E-state index < -0.39 is 23.4 Å². The predicted molar refractivity (Wildman–Crippen MR) is 73.1 cm³/mol. The van der Waals surface area contributed by atoms with Crippen LogP contribution in [0.4, 0.5) is 4.79 Å². The van der Waals surface area contributed by atoms with Crippen molar-refractivity contribution in [2.45, 2.75) is 64.7 Å². The van der Waals surface area contributed by atoms with Gasteiger partial charge in [-0.3, -0.25) is 10.1 Å². The molecule has 2 unspecified atom stereocenters. The molecule has 116 valence electrons. The van der Waals surface area contributed by atoms with E-state index in [1.807, 2.05) is 0 Å². The zero-order chi connectivity index (χ0) is 15.6. The molecule has 0 spiro atoms. The molecule has 3 N–H and O–H groups in total. The van der Waals surface area contributed by atoms with Crippen molar-refractivity contribution in [3.8, 4) is 0 Å². The third kappa shape index (κ3) is 5.77. The van der Waals surface area contributed by atoms with Crippen molar-refractivity contribution < 1.29 is 24.5 Å². The van der Waals surface area contributed by atoms with Gasteiger partial charge in [-0.2, -0.15) is 0 Å². The maximum absolute atomic E-state index is 11.6. The second-order valence-electron chi connectivity index (χ2n) is 6.82. The van der Waals surface area contributed by atoms with Crippen LogP contribution in [0.3, 0.4) is 0 Å². The number of aliphatic carboxylic acids is 1. The molecule has 0 saturated heterocycles. The molecule has 1 aliphatic rings. The van der Waals surface area contributed by atoms with Gasteiger partial charge in [0.1, 0.15) is 11.3 Å². The van der Waals surface area contributed by atoms with E-state index in [9.17, 15) is 14.7 Å². The summed E-state index contributed by atoms with van der Waals surface area (Å²) in [5.74, 6) is -1.02. The summed E-state index contributed by atoms with van der Waals surface area (Å²) in [6.45, 7) is 6.74. The number of alkyl carbamates (subject to hydrolysis) is 1. The van der Waals surface area contributed by atoms with Crippen molar-refractivity contribution >= 4 is 12.1 Å². The smallest absolute Gasteiger partial charge is 0.409 e. The molecular formula is C14H25NO5. The van der Waals surface area contributed by atoms with Gasteiger partial charge in [0, 0.05) is 0 Å². The van der Waals surface area contributed by atoms with Crippen LogP contribution in [0.5, 0.6) is 0 Å². The highest BCUT2D eigenvalue weighted by atomic mass is 16.6. The number of amides is 1. The molecule has 0 bridgehead atoms. The van der Waals surface area contributed by atoms with E-state index in [1.165, 1.54) is 6.92 Å². The van der Waals surface area contributed by atoms with Crippen LogP contribution in [0.15, 0.2) is 0 Å². The molecule has 3 atom stereocenters. The summed E-state index contributed by atoms with van der Waals surface area (Å²) in [6, 6.07) is 0. The molecule has 1 saturated carbocycles. The normalized spacial score (nSPS) is 25.9. The van der Waals surface area contributed by atoms with Crippen molar-refractivity contribution in [1.82, 2.24) is 5.32 Å². The fourth-order valence-corrected chi connectivity index (χ4v) is 2.62. The van der Waals surface area contributed by atoms with Crippen molar-refractivity contribution in [2.75, 3.05) is 0 Å². The SMILES string of the molecule is CC(O)(C[C@H]1CCC(C(=O)O)C1)NC(=O)OC(C)(C)C. The fraction of sp³-hybridized carbons (Fsp3) is 0.857. The Hall–Kier alpha value is -1.30. The number of carboxylic acid groups (broad SMARTS) is 1. The zero-order valence-electron chi connectivity index (χ0n) is 12.6. The highest BCUT2D eigenvalue weighted by Gasteiger charge is 2.35. The summed E-state index contributed by atoms with van der Waals surface area (Å²) >= 11 is 0. The number of hydrogen-bond acceptors (Lipinski definition) is 4. The first-order chi connectivity index (χ1) is 8.98. The Kier molecular flexibility index (Phi) is 5.02. The summed E-state index contributed by atoms with van der Waals surface area (Å²) in [5, 5.41) is 21.6. The van der Waals surface area contributed by atoms with Gasteiger partial charge in [0.25, 0.3) is 0 Å². The Bertz CT molecular complexity index is 372. The minimum atomic E-state index is -1.39. The van der Waals surface area contributed by atoms with Crippen LogP contribution < -0.4 is 5.32 Å². The Morgan fingerprint density at radius 1 is 1.25 bits per heavy atom. The van der Waals surface area contributed by atoms with Gasteiger partial charge in [0.15, 0.2) is 0 Å². The second kappa shape index (κ2) is 5.99. The number of hydrogen-bond donors (Lipinski definition) is 3. The van der Waals surface area contributed by atoms with Crippen molar-refractivity contribution in [3.05, 3.63) is 0 Å². The van der Waals surface area contributed by atoms with Crippen LogP contribution >= 0.6 is 0 Å². The van der Waals surface area contributed by atoms with Crippen LogP contribution in [0.25, 0.3) is 0 Å². The number of aliphatic hydroxyl groups is 1. The van der Waals surface area contributed by atoms with Crippen LogP contribution in [-0.2, 0) is 9.53 Å². The van der Waals surface area contributed by atoms with Crippen molar-refractivity contribution in [3.63, 3.8) is 0 Å². The van der Waals surface area contributed by atoms with Gasteiger partial charge in [-0.15, -0.1) is 0 Å². The maximum atomic E-state index is 11.6. The Morgan fingerprint density at radius 3 is 2.30 bits per heavy atom. The van der Waals surface area contributed by atoms with Gasteiger partial charge in [-0.25, -0.2) is 4.79 Å². The average Bonchev–Trinajstić information content (AvgIpc) is 2.60. The lowest BCUT2D eigenvalue weighted by atomic mass is 9.95. The minimum Gasteiger partial charge on any atom is -0.481 e. The van der Waals surface area contributed by atoms with E-state index >= 15 is 0 Å². The van der Waals surface area contributed by atoms with Gasteiger partial charge >= 0.3 is 12.1 Å². The summed E-state index contributed by atoms with van der Waals surface area (Å²) < 4.78 is 5.09. The first-order valence-corrected chi connectivity index (χ1v) is 6.95. The molecule has 6 heteroatoms. The van der Waals surface area contributed by atoms with Gasteiger partial charge < -0.3 is 14.9 Å². The molecule has 0 aromatic heterocycles. The molecule has 6 nitrogen and oxygen atoms in total. The lowest BCUT2D eigenvalue weighted by Crippen LogP contribution is -2.48. The summed E-state index contributed by atoms with van der Waals surface area (Å²) in [4.78, 5) is 22.5. The van der Waals surface area contributed by atoms with E-state index in [0.717, 1.165) is 6.42 Å². The predicted octanol–water partition coefficient (Wildman–Crippen LogP) is 2.11. The highest BCUT2D eigenvalue weighted by molar-refractivity contribution is 5.70. The van der Waals surface area contributed by atoms with E-state index in [4.69, 9.17) is 9.84 Å². The van der Waals surface area contributed by atoms with Crippen molar-refractivity contribution in [1.29, 1.82) is 0 Å². The maximum Gasteiger partial charge on any atom is 0.409 e. The molecule has 1 fully saturated rings. The number of carbonyl (C=O) groups is 2. The molecule has 0 aromatic carbocycles. The number of rotatable bonds is 4. The molecule has 0 heterocycles. The first kappa shape index (κ1) is 16.8. The van der Waals surface area contributed by atoms with E-state index in [-0.39, 0.29) is 11.8 Å². The van der Waals surface area contributed by atoms with Crippen LogP contribution in [0, 0.1) is 11.8 Å². The summed E-state index contributed by atoms with van der Waals surface area (Å²) in [5.41, 5.74) is -2.01. The number of carbonyl (C=O) groups excluding carboxylic acids is 1. The fourth-order valence-electron chi connectivity index (χ4n) is 2.62. The van der Waals surface area contributed by atoms with Crippen LogP contribution in [-0.4, -0.2) is 33.6 Å². The third-order valence-electron chi connectivity index (χ3n) is 3.35. The Balaban J connectivity index is 2.46. The standard InChI is InChI=1S/C14H25NO5/c1-13(2,3)20-12(18)15-14(4,19)8-9-5-6-10(7-9)11(16)17/h9-10,19H,5-8H2,1-4H3,(H,15,18)(H,16,17)/t9-,10?,14?/m0/s1. The molecule has 1 amide bonds. The molecule has 0 aliphatic heterocycles.